The van der Waals surface area contributed by atoms with Crippen molar-refractivity contribution in [1.82, 2.24) is 14.8 Å². The lowest BCUT2D eigenvalue weighted by Gasteiger charge is -2.41. The number of rotatable bonds is 8. The Kier molecular flexibility index (Phi) is 7.33. The van der Waals surface area contributed by atoms with Crippen molar-refractivity contribution in [2.24, 2.45) is 13.0 Å². The maximum Gasteiger partial charge on any atom is 0.349 e. The molecule has 0 bridgehead atoms. The summed E-state index contributed by atoms with van der Waals surface area (Å²) >= 11 is 7.46. The van der Waals surface area contributed by atoms with Crippen LogP contribution < -0.4 is 9.47 Å². The zero-order valence-electron chi connectivity index (χ0n) is 19.9. The number of carbonyl (C=O) groups is 1. The minimum atomic E-state index is -0.783. The second-order valence-electron chi connectivity index (χ2n) is 8.88. The van der Waals surface area contributed by atoms with E-state index in [2.05, 4.69) is 10.2 Å². The van der Waals surface area contributed by atoms with Crippen LogP contribution in [-0.4, -0.2) is 45.7 Å². The molecule has 1 aromatic carbocycles. The fraction of sp³-hybridized carbons (Fsp3) is 0.542. The molecule has 2 aliphatic rings. The van der Waals surface area contributed by atoms with E-state index in [9.17, 15) is 9.90 Å². The van der Waals surface area contributed by atoms with Crippen LogP contribution in [0.5, 0.6) is 11.5 Å². The van der Waals surface area contributed by atoms with Crippen molar-refractivity contribution in [2.45, 2.75) is 62.6 Å². The molecule has 34 heavy (non-hydrogen) atoms. The molecule has 0 amide bonds. The van der Waals surface area contributed by atoms with Crippen LogP contribution in [-0.2, 0) is 23.0 Å². The Morgan fingerprint density at radius 2 is 1.94 bits per heavy atom. The summed E-state index contributed by atoms with van der Waals surface area (Å²) in [4.78, 5) is 13.4. The van der Waals surface area contributed by atoms with E-state index in [1.165, 1.54) is 0 Å². The van der Waals surface area contributed by atoms with Crippen molar-refractivity contribution in [3.05, 3.63) is 39.2 Å². The molecular weight excluding hydrogens is 478 g/mol. The average Bonchev–Trinajstić information content (AvgIpc) is 3.47. The maximum absolute atomic E-state index is 13.2. The van der Waals surface area contributed by atoms with Gasteiger partial charge in [-0.3, -0.25) is 0 Å². The Morgan fingerprint density at radius 3 is 2.53 bits per heavy atom. The molecule has 8 nitrogen and oxygen atoms in total. The summed E-state index contributed by atoms with van der Waals surface area (Å²) in [5.74, 6) is 1.65. The number of hydrogen-bond acceptors (Lipinski definition) is 8. The van der Waals surface area contributed by atoms with Crippen LogP contribution in [0.25, 0.3) is 0 Å². The molecule has 1 aliphatic heterocycles. The number of esters is 1. The number of carbonyl (C=O) groups excluding carboxylic acids is 1. The fourth-order valence-corrected chi connectivity index (χ4v) is 6.02. The number of halogens is 1. The first-order chi connectivity index (χ1) is 16.3. The highest BCUT2D eigenvalue weighted by molar-refractivity contribution is 8.03. The van der Waals surface area contributed by atoms with Gasteiger partial charge in [0.25, 0.3) is 0 Å². The molecule has 4 rings (SSSR count). The number of methoxy groups -OCH3 is 2. The van der Waals surface area contributed by atoms with Crippen LogP contribution in [0.2, 0.25) is 5.02 Å². The third-order valence-corrected chi connectivity index (χ3v) is 8.37. The summed E-state index contributed by atoms with van der Waals surface area (Å²) in [6.45, 7) is 1.83. The zero-order valence-corrected chi connectivity index (χ0v) is 21.5. The van der Waals surface area contributed by atoms with Crippen LogP contribution in [0.4, 0.5) is 0 Å². The monoisotopic (exact) mass is 507 g/mol. The van der Waals surface area contributed by atoms with Crippen LogP contribution in [0.1, 0.15) is 49.9 Å². The third-order valence-electron chi connectivity index (χ3n) is 6.93. The van der Waals surface area contributed by atoms with Crippen molar-refractivity contribution < 1.29 is 24.1 Å². The van der Waals surface area contributed by atoms with E-state index in [4.69, 9.17) is 25.8 Å². The van der Waals surface area contributed by atoms with E-state index in [-0.39, 0.29) is 23.0 Å². The van der Waals surface area contributed by atoms with Crippen molar-refractivity contribution in [1.29, 1.82) is 0 Å². The number of aliphatic hydroxyl groups is 1. The molecule has 1 atom stereocenters. The molecule has 2 aromatic rings. The molecule has 1 fully saturated rings. The number of cyclic esters (lactones) is 1. The highest BCUT2D eigenvalue weighted by Gasteiger charge is 2.48. The van der Waals surface area contributed by atoms with Crippen LogP contribution in [0, 0.1) is 12.8 Å². The first-order valence-corrected chi connectivity index (χ1v) is 12.6. The summed E-state index contributed by atoms with van der Waals surface area (Å²) in [6.07, 6.45) is 5.51. The number of ether oxygens (including phenoxy) is 3. The number of nitrogens with zero attached hydrogens (tertiary/aromatic N) is 3. The fourth-order valence-electron chi connectivity index (χ4n) is 4.90. The molecule has 2 heterocycles. The van der Waals surface area contributed by atoms with Gasteiger partial charge in [-0.25, -0.2) is 4.79 Å². The summed E-state index contributed by atoms with van der Waals surface area (Å²) in [5, 5.41) is 20.2. The minimum absolute atomic E-state index is 0.0496. The summed E-state index contributed by atoms with van der Waals surface area (Å²) < 4.78 is 18.8. The number of hydrogen-bond donors (Lipinski definition) is 1. The number of aromatic nitrogens is 3. The topological polar surface area (TPSA) is 95.7 Å². The standard InChI is InChI=1S/C24H30ClN3O5S/c1-14-26-27-23(28(14)2)34-21-18(29)13-24(33-22(21)30,16-7-5-6-8-16)10-9-15-11-17(25)20(32-4)12-19(15)31-3/h11-12,16,29H,5-10,13H2,1-4H3. The molecule has 1 aromatic heterocycles. The van der Waals surface area contributed by atoms with Crippen LogP contribution in [0.3, 0.4) is 0 Å². The van der Waals surface area contributed by atoms with Gasteiger partial charge in [-0.05, 0) is 61.9 Å². The minimum Gasteiger partial charge on any atom is -0.511 e. The Balaban J connectivity index is 1.62. The summed E-state index contributed by atoms with van der Waals surface area (Å²) in [7, 11) is 4.98. The van der Waals surface area contributed by atoms with Gasteiger partial charge in [-0.15, -0.1) is 10.2 Å². The normalized spacial score (nSPS) is 21.1. The summed E-state index contributed by atoms with van der Waals surface area (Å²) in [6, 6.07) is 3.60. The predicted octanol–water partition coefficient (Wildman–Crippen LogP) is 5.16. The molecule has 184 valence electrons. The average molecular weight is 508 g/mol. The summed E-state index contributed by atoms with van der Waals surface area (Å²) in [5.41, 5.74) is 0.120. The molecule has 1 unspecified atom stereocenters. The maximum atomic E-state index is 13.2. The first kappa shape index (κ1) is 24.7. The van der Waals surface area contributed by atoms with Crippen LogP contribution in [0.15, 0.2) is 28.0 Å². The Bertz CT molecular complexity index is 1110. The SMILES string of the molecule is COc1cc(OC)c(CCC2(C3CCCC3)CC(O)=C(Sc3nnc(C)n3C)C(=O)O2)cc1Cl. The molecule has 0 radical (unpaired) electrons. The largest absolute Gasteiger partial charge is 0.511 e. The van der Waals surface area contributed by atoms with Gasteiger partial charge in [0.1, 0.15) is 33.6 Å². The van der Waals surface area contributed by atoms with E-state index in [0.29, 0.717) is 34.5 Å². The van der Waals surface area contributed by atoms with Gasteiger partial charge in [0.15, 0.2) is 5.16 Å². The van der Waals surface area contributed by atoms with Gasteiger partial charge >= 0.3 is 5.97 Å². The van der Waals surface area contributed by atoms with Gasteiger partial charge in [0, 0.05) is 19.5 Å². The molecule has 0 spiro atoms. The Morgan fingerprint density at radius 1 is 1.24 bits per heavy atom. The van der Waals surface area contributed by atoms with E-state index in [0.717, 1.165) is 48.8 Å². The molecule has 10 heteroatoms. The van der Waals surface area contributed by atoms with Crippen molar-refractivity contribution in [3.8, 4) is 11.5 Å². The van der Waals surface area contributed by atoms with E-state index >= 15 is 0 Å². The molecular formula is C24H30ClN3O5S. The van der Waals surface area contributed by atoms with Crippen molar-refractivity contribution in [3.63, 3.8) is 0 Å². The van der Waals surface area contributed by atoms with E-state index in [1.807, 2.05) is 20.0 Å². The highest BCUT2D eigenvalue weighted by Crippen LogP contribution is 2.48. The molecule has 1 N–H and O–H groups in total. The molecule has 0 saturated heterocycles. The van der Waals surface area contributed by atoms with Gasteiger partial charge in [-0.2, -0.15) is 0 Å². The Labute approximate surface area is 208 Å². The van der Waals surface area contributed by atoms with E-state index < -0.39 is 11.6 Å². The van der Waals surface area contributed by atoms with E-state index in [1.54, 1.807) is 24.9 Å². The zero-order chi connectivity index (χ0) is 24.5. The predicted molar refractivity (Wildman–Crippen MR) is 130 cm³/mol. The highest BCUT2D eigenvalue weighted by atomic mass is 35.5. The lowest BCUT2D eigenvalue weighted by molar-refractivity contribution is -0.166. The quantitative estimate of drug-likeness (QED) is 0.489. The number of aliphatic hydroxyl groups excluding tert-OH is 1. The third kappa shape index (κ3) is 4.73. The Hall–Kier alpha value is -2.39. The number of aryl methyl sites for hydroxylation is 2. The first-order valence-electron chi connectivity index (χ1n) is 11.4. The second kappa shape index (κ2) is 10.1. The molecule has 1 saturated carbocycles. The van der Waals surface area contributed by atoms with Gasteiger partial charge in [-0.1, -0.05) is 24.4 Å². The van der Waals surface area contributed by atoms with Gasteiger partial charge in [0.05, 0.1) is 19.2 Å². The second-order valence-corrected chi connectivity index (χ2v) is 10.3. The smallest absolute Gasteiger partial charge is 0.349 e. The lowest BCUT2D eigenvalue weighted by atomic mass is 9.77. The van der Waals surface area contributed by atoms with Gasteiger partial charge < -0.3 is 23.9 Å². The van der Waals surface area contributed by atoms with Crippen LogP contribution >= 0.6 is 23.4 Å². The lowest BCUT2D eigenvalue weighted by Crippen LogP contribution is -2.45. The van der Waals surface area contributed by atoms with Crippen molar-refractivity contribution in [2.75, 3.05) is 14.2 Å². The molecule has 1 aliphatic carbocycles. The number of benzene rings is 1. The number of thioether (sulfide) groups is 1. The van der Waals surface area contributed by atoms with Crippen molar-refractivity contribution >= 4 is 29.3 Å². The van der Waals surface area contributed by atoms with Gasteiger partial charge in [0.2, 0.25) is 0 Å².